The normalized spacial score (nSPS) is 19.3. The number of fused-ring (bicyclic) bond motifs is 3. The molecule has 2 aromatic rings. The molecule has 4 rings (SSSR count). The predicted octanol–water partition coefficient (Wildman–Crippen LogP) is 2.50. The van der Waals surface area contributed by atoms with E-state index in [0.29, 0.717) is 12.1 Å². The Morgan fingerprint density at radius 1 is 1.23 bits per heavy atom. The van der Waals surface area contributed by atoms with Gasteiger partial charge in [-0.1, -0.05) is 0 Å². The summed E-state index contributed by atoms with van der Waals surface area (Å²) in [5.41, 5.74) is 4.14. The molecule has 0 bridgehead atoms. The van der Waals surface area contributed by atoms with Crippen molar-refractivity contribution in [3.05, 3.63) is 35.0 Å². The maximum atomic E-state index is 12.3. The number of amides is 1. The van der Waals surface area contributed by atoms with Crippen LogP contribution in [0.5, 0.6) is 0 Å². The summed E-state index contributed by atoms with van der Waals surface area (Å²) < 4.78 is 10.6. The minimum Gasteiger partial charge on any atom is -0.452 e. The zero-order chi connectivity index (χ0) is 17.9. The van der Waals surface area contributed by atoms with Crippen LogP contribution >= 0.6 is 0 Å². The molecule has 26 heavy (non-hydrogen) atoms. The molecular formula is C20H24N2O4. The van der Waals surface area contributed by atoms with Gasteiger partial charge in [-0.3, -0.25) is 4.79 Å². The van der Waals surface area contributed by atoms with Crippen molar-refractivity contribution in [2.45, 2.75) is 44.6 Å². The first-order chi connectivity index (χ1) is 12.7. The monoisotopic (exact) mass is 356 g/mol. The Labute approximate surface area is 152 Å². The van der Waals surface area contributed by atoms with Gasteiger partial charge in [0.15, 0.2) is 6.61 Å². The van der Waals surface area contributed by atoms with Gasteiger partial charge in [0.1, 0.15) is 0 Å². The Morgan fingerprint density at radius 3 is 2.96 bits per heavy atom. The lowest BCUT2D eigenvalue weighted by molar-refractivity contribution is -0.124. The summed E-state index contributed by atoms with van der Waals surface area (Å²) in [5, 5.41) is 3.85. The van der Waals surface area contributed by atoms with E-state index < -0.39 is 5.97 Å². The van der Waals surface area contributed by atoms with E-state index in [1.54, 1.807) is 6.07 Å². The maximum Gasteiger partial charge on any atom is 0.338 e. The third-order valence-corrected chi connectivity index (χ3v) is 5.22. The van der Waals surface area contributed by atoms with Crippen LogP contribution in [0.2, 0.25) is 0 Å². The van der Waals surface area contributed by atoms with Gasteiger partial charge >= 0.3 is 5.97 Å². The molecule has 1 aromatic heterocycles. The number of hydrogen-bond acceptors (Lipinski definition) is 4. The van der Waals surface area contributed by atoms with Gasteiger partial charge in [0.05, 0.1) is 11.7 Å². The third-order valence-electron chi connectivity index (χ3n) is 5.22. The zero-order valence-corrected chi connectivity index (χ0v) is 14.8. The fourth-order valence-electron chi connectivity index (χ4n) is 3.83. The van der Waals surface area contributed by atoms with E-state index in [1.807, 2.05) is 12.1 Å². The number of esters is 1. The van der Waals surface area contributed by atoms with Crippen molar-refractivity contribution in [3.63, 3.8) is 0 Å². The second kappa shape index (κ2) is 7.50. The first-order valence-electron chi connectivity index (χ1n) is 9.39. The SMILES string of the molecule is O=C(COC(=O)c1ccc2[nH]c3c(c2c1)CCCC3)NCC1CCCO1. The van der Waals surface area contributed by atoms with Gasteiger partial charge in [-0.15, -0.1) is 0 Å². The quantitative estimate of drug-likeness (QED) is 0.807. The summed E-state index contributed by atoms with van der Waals surface area (Å²) in [5.74, 6) is -0.765. The number of hydrogen-bond donors (Lipinski definition) is 2. The van der Waals surface area contributed by atoms with Crippen LogP contribution in [0.3, 0.4) is 0 Å². The number of aryl methyl sites for hydroxylation is 2. The Bertz CT molecular complexity index is 821. The van der Waals surface area contributed by atoms with Gasteiger partial charge in [0, 0.05) is 29.7 Å². The molecule has 1 aromatic carbocycles. The summed E-state index contributed by atoms with van der Waals surface area (Å²) in [6.07, 6.45) is 6.56. The first-order valence-corrected chi connectivity index (χ1v) is 9.39. The van der Waals surface area contributed by atoms with Gasteiger partial charge in [0.25, 0.3) is 5.91 Å². The smallest absolute Gasteiger partial charge is 0.338 e. The molecule has 2 N–H and O–H groups in total. The minimum absolute atomic E-state index is 0.0804. The summed E-state index contributed by atoms with van der Waals surface area (Å²) >= 11 is 0. The Morgan fingerprint density at radius 2 is 2.12 bits per heavy atom. The summed E-state index contributed by atoms with van der Waals surface area (Å²) in [6, 6.07) is 5.54. The average molecular weight is 356 g/mol. The van der Waals surface area contributed by atoms with Gasteiger partial charge < -0.3 is 19.8 Å². The lowest BCUT2D eigenvalue weighted by Gasteiger charge is -2.11. The molecule has 1 aliphatic carbocycles. The molecule has 2 aliphatic rings. The van der Waals surface area contributed by atoms with E-state index in [1.165, 1.54) is 24.1 Å². The van der Waals surface area contributed by atoms with E-state index in [0.717, 1.165) is 43.2 Å². The number of aromatic nitrogens is 1. The lowest BCUT2D eigenvalue weighted by Crippen LogP contribution is -2.34. The van der Waals surface area contributed by atoms with Gasteiger partial charge in [-0.25, -0.2) is 4.79 Å². The second-order valence-electron chi connectivity index (χ2n) is 7.06. The molecule has 6 nitrogen and oxygen atoms in total. The fraction of sp³-hybridized carbons (Fsp3) is 0.500. The van der Waals surface area contributed by atoms with Crippen LogP contribution in [0.15, 0.2) is 18.2 Å². The van der Waals surface area contributed by atoms with Crippen LogP contribution in [-0.2, 0) is 27.1 Å². The number of H-pyrrole nitrogens is 1. The highest BCUT2D eigenvalue weighted by atomic mass is 16.5. The summed E-state index contributed by atoms with van der Waals surface area (Å²) in [6.45, 7) is 0.952. The van der Waals surface area contributed by atoms with Crippen molar-refractivity contribution >= 4 is 22.8 Å². The number of rotatable bonds is 5. The molecule has 6 heteroatoms. The minimum atomic E-state index is -0.468. The fourth-order valence-corrected chi connectivity index (χ4v) is 3.83. The molecule has 1 aliphatic heterocycles. The summed E-state index contributed by atoms with van der Waals surface area (Å²) in [7, 11) is 0. The molecule has 2 heterocycles. The van der Waals surface area contributed by atoms with Crippen LogP contribution in [-0.4, -0.2) is 42.7 Å². The predicted molar refractivity (Wildman–Crippen MR) is 97.2 cm³/mol. The Hall–Kier alpha value is -2.34. The van der Waals surface area contributed by atoms with E-state index in [2.05, 4.69) is 10.3 Å². The highest BCUT2D eigenvalue weighted by Gasteiger charge is 2.19. The van der Waals surface area contributed by atoms with Crippen molar-refractivity contribution in [1.82, 2.24) is 10.3 Å². The standard InChI is InChI=1S/C20H24N2O4/c23-19(21-11-14-4-3-9-25-14)12-26-20(24)13-7-8-18-16(10-13)15-5-1-2-6-17(15)22-18/h7-8,10,14,22H,1-6,9,11-12H2,(H,21,23). The van der Waals surface area contributed by atoms with Gasteiger partial charge in [-0.2, -0.15) is 0 Å². The van der Waals surface area contributed by atoms with Crippen LogP contribution in [0.4, 0.5) is 0 Å². The van der Waals surface area contributed by atoms with E-state index in [9.17, 15) is 9.59 Å². The second-order valence-corrected chi connectivity index (χ2v) is 7.06. The van der Waals surface area contributed by atoms with Crippen molar-refractivity contribution in [2.24, 2.45) is 0 Å². The number of carbonyl (C=O) groups excluding carboxylic acids is 2. The molecule has 1 fully saturated rings. The molecule has 1 amide bonds. The molecular weight excluding hydrogens is 332 g/mol. The Balaban J connectivity index is 1.36. The van der Waals surface area contributed by atoms with Crippen molar-refractivity contribution in [2.75, 3.05) is 19.8 Å². The van der Waals surface area contributed by atoms with E-state index >= 15 is 0 Å². The van der Waals surface area contributed by atoms with Crippen LogP contribution in [0.25, 0.3) is 10.9 Å². The zero-order valence-electron chi connectivity index (χ0n) is 14.8. The largest absolute Gasteiger partial charge is 0.452 e. The molecule has 1 atom stereocenters. The lowest BCUT2D eigenvalue weighted by atomic mass is 9.95. The van der Waals surface area contributed by atoms with E-state index in [-0.39, 0.29) is 18.6 Å². The molecule has 0 spiro atoms. The maximum absolute atomic E-state index is 12.3. The molecule has 1 saturated heterocycles. The first kappa shape index (κ1) is 17.1. The molecule has 0 saturated carbocycles. The Kier molecular flexibility index (Phi) is 4.93. The number of carbonyl (C=O) groups is 2. The third kappa shape index (κ3) is 3.60. The van der Waals surface area contributed by atoms with Crippen molar-refractivity contribution in [3.8, 4) is 0 Å². The molecule has 1 unspecified atom stereocenters. The topological polar surface area (TPSA) is 80.4 Å². The van der Waals surface area contributed by atoms with E-state index in [4.69, 9.17) is 9.47 Å². The molecule has 138 valence electrons. The van der Waals surface area contributed by atoms with Gasteiger partial charge in [0.2, 0.25) is 0 Å². The number of nitrogens with one attached hydrogen (secondary N) is 2. The highest BCUT2D eigenvalue weighted by Crippen LogP contribution is 2.29. The summed E-state index contributed by atoms with van der Waals surface area (Å²) in [4.78, 5) is 27.6. The number of ether oxygens (including phenoxy) is 2. The average Bonchev–Trinajstić information content (AvgIpc) is 3.31. The van der Waals surface area contributed by atoms with Crippen molar-refractivity contribution < 1.29 is 19.1 Å². The van der Waals surface area contributed by atoms with Crippen molar-refractivity contribution in [1.29, 1.82) is 0 Å². The number of benzene rings is 1. The molecule has 0 radical (unpaired) electrons. The van der Waals surface area contributed by atoms with Crippen LogP contribution < -0.4 is 5.32 Å². The van der Waals surface area contributed by atoms with Gasteiger partial charge in [-0.05, 0) is 62.3 Å². The highest BCUT2D eigenvalue weighted by molar-refractivity contribution is 5.97. The van der Waals surface area contributed by atoms with Crippen LogP contribution in [0, 0.1) is 0 Å². The number of aromatic amines is 1. The van der Waals surface area contributed by atoms with Crippen LogP contribution in [0.1, 0.15) is 47.3 Å².